The number of piperazine rings is 1. The van der Waals surface area contributed by atoms with Gasteiger partial charge in [0.25, 0.3) is 0 Å². The van der Waals surface area contributed by atoms with Gasteiger partial charge < -0.3 is 9.80 Å². The van der Waals surface area contributed by atoms with E-state index in [0.29, 0.717) is 32.6 Å². The van der Waals surface area contributed by atoms with Crippen molar-refractivity contribution in [2.24, 2.45) is 5.92 Å². The summed E-state index contributed by atoms with van der Waals surface area (Å²) in [6, 6.07) is 8.11. The second-order valence-corrected chi connectivity index (χ2v) is 6.85. The van der Waals surface area contributed by atoms with E-state index in [4.69, 9.17) is 0 Å². The highest BCUT2D eigenvalue weighted by Gasteiger charge is 2.28. The number of rotatable bonds is 3. The summed E-state index contributed by atoms with van der Waals surface area (Å²) < 4.78 is 0. The van der Waals surface area contributed by atoms with Gasteiger partial charge in [-0.1, -0.05) is 42.0 Å². The Morgan fingerprint density at radius 1 is 1.00 bits per heavy atom. The molecule has 0 aromatic heterocycles. The third-order valence-electron chi connectivity index (χ3n) is 5.04. The van der Waals surface area contributed by atoms with Crippen molar-refractivity contribution in [3.63, 3.8) is 0 Å². The number of amides is 2. The molecule has 1 aromatic rings. The average molecular weight is 326 g/mol. The smallest absolute Gasteiger partial charge is 0.227 e. The van der Waals surface area contributed by atoms with Crippen LogP contribution in [0.25, 0.3) is 0 Å². The topological polar surface area (TPSA) is 40.6 Å². The van der Waals surface area contributed by atoms with Crippen molar-refractivity contribution >= 4 is 11.8 Å². The van der Waals surface area contributed by atoms with E-state index in [0.717, 1.165) is 24.8 Å². The number of benzene rings is 1. The predicted molar refractivity (Wildman–Crippen MR) is 94.5 cm³/mol. The Hall–Kier alpha value is -2.10. The molecule has 1 aliphatic carbocycles. The Bertz CT molecular complexity index is 613. The molecule has 1 heterocycles. The van der Waals surface area contributed by atoms with E-state index in [2.05, 4.69) is 12.2 Å². The lowest BCUT2D eigenvalue weighted by Gasteiger charge is -2.36. The van der Waals surface area contributed by atoms with Crippen LogP contribution >= 0.6 is 0 Å². The van der Waals surface area contributed by atoms with E-state index in [-0.39, 0.29) is 17.7 Å². The molecule has 2 aliphatic rings. The third-order valence-corrected chi connectivity index (χ3v) is 5.04. The maximum atomic E-state index is 12.5. The second-order valence-electron chi connectivity index (χ2n) is 6.85. The quantitative estimate of drug-likeness (QED) is 0.801. The Labute approximate surface area is 144 Å². The van der Waals surface area contributed by atoms with Gasteiger partial charge in [-0.15, -0.1) is 0 Å². The number of aryl methyl sites for hydroxylation is 1. The number of hydrogen-bond donors (Lipinski definition) is 0. The molecule has 4 nitrogen and oxygen atoms in total. The molecule has 1 saturated heterocycles. The zero-order valence-corrected chi connectivity index (χ0v) is 14.4. The predicted octanol–water partition coefficient (Wildman–Crippen LogP) is 2.56. The summed E-state index contributed by atoms with van der Waals surface area (Å²) in [4.78, 5) is 28.8. The minimum atomic E-state index is 0.143. The molecule has 1 atom stereocenters. The van der Waals surface area contributed by atoms with E-state index in [1.165, 1.54) is 5.56 Å². The zero-order valence-electron chi connectivity index (χ0n) is 14.4. The average Bonchev–Trinajstić information content (AvgIpc) is 2.64. The van der Waals surface area contributed by atoms with Crippen molar-refractivity contribution in [3.8, 4) is 0 Å². The summed E-state index contributed by atoms with van der Waals surface area (Å²) in [6.07, 6.45) is 7.55. The first-order chi connectivity index (χ1) is 11.6. The van der Waals surface area contributed by atoms with Gasteiger partial charge in [-0.05, 0) is 31.7 Å². The number of carbonyl (C=O) groups is 2. The Morgan fingerprint density at radius 2 is 1.67 bits per heavy atom. The fourth-order valence-corrected chi connectivity index (χ4v) is 3.44. The van der Waals surface area contributed by atoms with E-state index in [1.807, 2.05) is 41.0 Å². The third kappa shape index (κ3) is 4.05. The van der Waals surface area contributed by atoms with E-state index >= 15 is 0 Å². The van der Waals surface area contributed by atoms with E-state index in [9.17, 15) is 9.59 Å². The molecular weight excluding hydrogens is 300 g/mol. The number of allylic oxidation sites excluding steroid dienone is 2. The van der Waals surface area contributed by atoms with Gasteiger partial charge in [-0.2, -0.15) is 0 Å². The molecule has 1 aliphatic heterocycles. The minimum Gasteiger partial charge on any atom is -0.339 e. The van der Waals surface area contributed by atoms with Crippen LogP contribution in [0, 0.1) is 12.8 Å². The number of nitrogens with zero attached hydrogens (tertiary/aromatic N) is 2. The number of carbonyl (C=O) groups excluding carboxylic acids is 2. The molecule has 24 heavy (non-hydrogen) atoms. The SMILES string of the molecule is Cc1ccc(CC(=O)N2CCN(C(=O)[C@@H]3CC=CCC3)CC2)cc1. The summed E-state index contributed by atoms with van der Waals surface area (Å²) in [5, 5.41) is 0. The lowest BCUT2D eigenvalue weighted by Crippen LogP contribution is -2.52. The van der Waals surface area contributed by atoms with Crippen LogP contribution in [-0.2, 0) is 16.0 Å². The monoisotopic (exact) mass is 326 g/mol. The summed E-state index contributed by atoms with van der Waals surface area (Å²) in [5.74, 6) is 0.571. The lowest BCUT2D eigenvalue weighted by atomic mass is 9.93. The maximum absolute atomic E-state index is 12.5. The van der Waals surface area contributed by atoms with Crippen molar-refractivity contribution in [3.05, 3.63) is 47.5 Å². The first-order valence-corrected chi connectivity index (χ1v) is 8.90. The van der Waals surface area contributed by atoms with Crippen LogP contribution in [0.2, 0.25) is 0 Å². The largest absolute Gasteiger partial charge is 0.339 e. The molecule has 0 unspecified atom stereocenters. The number of hydrogen-bond acceptors (Lipinski definition) is 2. The van der Waals surface area contributed by atoms with Crippen molar-refractivity contribution in [1.29, 1.82) is 0 Å². The van der Waals surface area contributed by atoms with Crippen LogP contribution in [-0.4, -0.2) is 47.8 Å². The lowest BCUT2D eigenvalue weighted by molar-refractivity contribution is -0.142. The molecule has 0 saturated carbocycles. The van der Waals surface area contributed by atoms with Crippen LogP contribution in [0.15, 0.2) is 36.4 Å². The molecule has 0 radical (unpaired) electrons. The molecule has 0 bridgehead atoms. The van der Waals surface area contributed by atoms with Crippen LogP contribution in [0.5, 0.6) is 0 Å². The molecule has 0 N–H and O–H groups in total. The normalized spacial score (nSPS) is 21.0. The highest BCUT2D eigenvalue weighted by molar-refractivity contribution is 5.81. The summed E-state index contributed by atoms with van der Waals surface area (Å²) in [7, 11) is 0. The van der Waals surface area contributed by atoms with Gasteiger partial charge in [0, 0.05) is 32.1 Å². The molecule has 2 amide bonds. The Kier molecular flexibility index (Phi) is 5.34. The minimum absolute atomic E-state index is 0.143. The van der Waals surface area contributed by atoms with Gasteiger partial charge in [0.1, 0.15) is 0 Å². The van der Waals surface area contributed by atoms with Gasteiger partial charge in [0.15, 0.2) is 0 Å². The molecule has 4 heteroatoms. The first kappa shape index (κ1) is 16.7. The van der Waals surface area contributed by atoms with Crippen LogP contribution in [0.3, 0.4) is 0 Å². The van der Waals surface area contributed by atoms with Crippen LogP contribution in [0.1, 0.15) is 30.4 Å². The van der Waals surface area contributed by atoms with Crippen LogP contribution < -0.4 is 0 Å². The zero-order chi connectivity index (χ0) is 16.9. The highest BCUT2D eigenvalue weighted by Crippen LogP contribution is 2.21. The fraction of sp³-hybridized carbons (Fsp3) is 0.500. The van der Waals surface area contributed by atoms with Gasteiger partial charge in [-0.25, -0.2) is 0 Å². The standard InChI is InChI=1S/C20H26N2O2/c1-16-7-9-17(10-8-16)15-19(23)21-11-13-22(14-12-21)20(24)18-5-3-2-4-6-18/h2-3,7-10,18H,4-6,11-15H2,1H3/t18-/m1/s1. The summed E-state index contributed by atoms with van der Waals surface area (Å²) in [5.41, 5.74) is 2.26. The van der Waals surface area contributed by atoms with Crippen molar-refractivity contribution < 1.29 is 9.59 Å². The molecule has 128 valence electrons. The molecule has 3 rings (SSSR count). The van der Waals surface area contributed by atoms with E-state index < -0.39 is 0 Å². The summed E-state index contributed by atoms with van der Waals surface area (Å²) in [6.45, 7) is 4.68. The fourth-order valence-electron chi connectivity index (χ4n) is 3.44. The molecular formula is C20H26N2O2. The van der Waals surface area contributed by atoms with Gasteiger partial charge >= 0.3 is 0 Å². The first-order valence-electron chi connectivity index (χ1n) is 8.90. The van der Waals surface area contributed by atoms with Gasteiger partial charge in [-0.3, -0.25) is 9.59 Å². The second kappa shape index (κ2) is 7.65. The van der Waals surface area contributed by atoms with Crippen molar-refractivity contribution in [2.45, 2.75) is 32.6 Å². The van der Waals surface area contributed by atoms with E-state index in [1.54, 1.807) is 0 Å². The van der Waals surface area contributed by atoms with Gasteiger partial charge in [0.2, 0.25) is 11.8 Å². The van der Waals surface area contributed by atoms with Crippen molar-refractivity contribution in [1.82, 2.24) is 9.80 Å². The molecule has 1 fully saturated rings. The summed E-state index contributed by atoms with van der Waals surface area (Å²) >= 11 is 0. The molecule has 0 spiro atoms. The van der Waals surface area contributed by atoms with Crippen LogP contribution in [0.4, 0.5) is 0 Å². The Morgan fingerprint density at radius 3 is 2.29 bits per heavy atom. The maximum Gasteiger partial charge on any atom is 0.227 e. The van der Waals surface area contributed by atoms with Gasteiger partial charge in [0.05, 0.1) is 6.42 Å². The Balaban J connectivity index is 1.49. The highest BCUT2D eigenvalue weighted by atomic mass is 16.2. The van der Waals surface area contributed by atoms with Crippen molar-refractivity contribution in [2.75, 3.05) is 26.2 Å². The molecule has 1 aromatic carbocycles.